The third-order valence-corrected chi connectivity index (χ3v) is 22.7. The molecule has 17 rings (SSSR count). The molecule has 17 aliphatic rings. The second kappa shape index (κ2) is 19.9. The molecule has 0 aromatic heterocycles. The van der Waals surface area contributed by atoms with Gasteiger partial charge in [-0.25, -0.2) is 0 Å². The predicted octanol–water partition coefficient (Wildman–Crippen LogP) is 4.65. The van der Waals surface area contributed by atoms with Gasteiger partial charge >= 0.3 is 5.97 Å². The van der Waals surface area contributed by atoms with Crippen molar-refractivity contribution in [1.82, 2.24) is 0 Å². The summed E-state index contributed by atoms with van der Waals surface area (Å²) in [4.78, 5) is 14.6. The Morgan fingerprint density at radius 2 is 1.20 bits per heavy atom. The quantitative estimate of drug-likeness (QED) is 0.253. The first-order chi connectivity index (χ1) is 38.9. The van der Waals surface area contributed by atoms with Gasteiger partial charge in [-0.15, -0.1) is 0 Å². The zero-order chi connectivity index (χ0) is 55.2. The van der Waals surface area contributed by atoms with Crippen molar-refractivity contribution in [3.05, 3.63) is 24.3 Å². The SMILES string of the molecule is C=C1C[C@@H]2CC[C@@]34C[C@H]5O[C@H]6[C@@H](O3)[C@H]3O[C@H](CC[C@@H]3O[C@@]6(O)[C@H]5O4)CC(=O)O[C@@H]3[C@@H](C)[C@@H]4O[C@@H]5C[C@]6(C[C@@H]7O[C@]8(C[C@H](C)[C@@H]9OC%10CC(C(O)CO)OC%10C[C@@H]9O8)C[C@H](C)[C@@H]7O6)O[C@@H]5C[C@@H]4O[C@H]3C[C@H]3O[C@@H](CC[C@@H]1O2)C[C@@H](C)C3=C. The number of ether oxygens (including phenoxy) is 16. The van der Waals surface area contributed by atoms with Gasteiger partial charge in [-0.05, 0) is 73.8 Å². The number of aliphatic hydroxyl groups is 3. The Hall–Kier alpha value is -1.77. The van der Waals surface area contributed by atoms with E-state index in [0.717, 1.165) is 36.8 Å². The third-order valence-electron chi connectivity index (χ3n) is 22.7. The number of hydrogen-bond acceptors (Lipinski definition) is 20. The average Bonchev–Trinajstić information content (AvgIpc) is 4.40. The van der Waals surface area contributed by atoms with E-state index in [4.69, 9.17) is 75.8 Å². The lowest BCUT2D eigenvalue weighted by atomic mass is 9.78. The van der Waals surface area contributed by atoms with Crippen LogP contribution in [0.3, 0.4) is 0 Å². The average molecular weight is 1140 g/mol. The Bertz CT molecular complexity index is 2470. The predicted molar refractivity (Wildman–Crippen MR) is 278 cm³/mol. The summed E-state index contributed by atoms with van der Waals surface area (Å²) >= 11 is 0. The lowest BCUT2D eigenvalue weighted by molar-refractivity contribution is -0.369. The highest BCUT2D eigenvalue weighted by Crippen LogP contribution is 2.59. The van der Waals surface area contributed by atoms with Gasteiger partial charge in [0.05, 0.1) is 129 Å². The van der Waals surface area contributed by atoms with Gasteiger partial charge in [0.1, 0.15) is 36.6 Å². The Morgan fingerprint density at radius 1 is 0.506 bits per heavy atom. The lowest BCUT2D eigenvalue weighted by Gasteiger charge is -2.54. The topological polar surface area (TPSA) is 225 Å². The molecule has 33 atom stereocenters. The van der Waals surface area contributed by atoms with Crippen molar-refractivity contribution in [1.29, 1.82) is 0 Å². The smallest absolute Gasteiger partial charge is 0.308 e. The van der Waals surface area contributed by atoms with Crippen LogP contribution in [-0.4, -0.2) is 204 Å². The van der Waals surface area contributed by atoms with Crippen molar-refractivity contribution in [2.45, 2.75) is 319 Å². The normalized spacial score (nSPS) is 59.3. The highest BCUT2D eigenvalue weighted by atomic mass is 16.8. The third kappa shape index (κ3) is 9.04. The zero-order valence-electron chi connectivity index (χ0n) is 47.4. The van der Waals surface area contributed by atoms with Gasteiger partial charge in [-0.3, -0.25) is 4.79 Å². The molecule has 0 saturated carbocycles. The van der Waals surface area contributed by atoms with Gasteiger partial charge in [-0.2, -0.15) is 0 Å². The van der Waals surface area contributed by atoms with Gasteiger partial charge in [0.25, 0.3) is 0 Å². The van der Waals surface area contributed by atoms with E-state index in [2.05, 4.69) is 40.9 Å². The molecule has 0 aromatic rings. The second-order valence-corrected chi connectivity index (χ2v) is 28.3. The number of rotatable bonds is 2. The summed E-state index contributed by atoms with van der Waals surface area (Å²) in [6.07, 6.45) is 0.739. The fourth-order valence-corrected chi connectivity index (χ4v) is 18.9. The molecule has 17 saturated heterocycles. The summed E-state index contributed by atoms with van der Waals surface area (Å²) in [7, 11) is 0. The lowest BCUT2D eigenvalue weighted by Crippen LogP contribution is -2.67. The maximum Gasteiger partial charge on any atom is 0.308 e. The number of carbonyl (C=O) groups is 1. The van der Waals surface area contributed by atoms with Crippen LogP contribution in [0.4, 0.5) is 0 Å². The summed E-state index contributed by atoms with van der Waals surface area (Å²) in [5.74, 6) is -4.61. The van der Waals surface area contributed by atoms with E-state index in [1.165, 1.54) is 0 Å². The molecule has 12 bridgehead atoms. The molecule has 450 valence electrons. The molecule has 0 radical (unpaired) electrons. The van der Waals surface area contributed by atoms with Crippen LogP contribution in [-0.2, 0) is 80.6 Å². The van der Waals surface area contributed by atoms with Crippen molar-refractivity contribution in [3.63, 3.8) is 0 Å². The molecular weight excluding hydrogens is 1050 g/mol. The molecule has 0 aromatic carbocycles. The molecule has 20 nitrogen and oxygen atoms in total. The molecule has 0 amide bonds. The molecule has 17 heterocycles. The van der Waals surface area contributed by atoms with Crippen molar-refractivity contribution < 1.29 is 95.9 Å². The van der Waals surface area contributed by atoms with E-state index in [1.54, 1.807) is 0 Å². The van der Waals surface area contributed by atoms with E-state index >= 15 is 0 Å². The largest absolute Gasteiger partial charge is 0.459 e. The minimum absolute atomic E-state index is 0.00701. The van der Waals surface area contributed by atoms with E-state index in [-0.39, 0.29) is 128 Å². The molecule has 20 heteroatoms. The van der Waals surface area contributed by atoms with Gasteiger partial charge in [-0.1, -0.05) is 40.9 Å². The molecule has 3 spiro atoms. The monoisotopic (exact) mass is 1140 g/mol. The van der Waals surface area contributed by atoms with E-state index in [1.807, 2.05) is 0 Å². The van der Waals surface area contributed by atoms with Crippen molar-refractivity contribution in [2.24, 2.45) is 23.7 Å². The minimum atomic E-state index is -1.67. The number of fused-ring (bicyclic) bond motifs is 11. The van der Waals surface area contributed by atoms with Crippen LogP contribution in [0.1, 0.15) is 143 Å². The first-order valence-electron chi connectivity index (χ1n) is 31.5. The van der Waals surface area contributed by atoms with Crippen LogP contribution < -0.4 is 0 Å². The summed E-state index contributed by atoms with van der Waals surface area (Å²) < 4.78 is 110. The van der Waals surface area contributed by atoms with E-state index in [9.17, 15) is 20.1 Å². The van der Waals surface area contributed by atoms with Crippen molar-refractivity contribution in [2.75, 3.05) is 6.61 Å². The van der Waals surface area contributed by atoms with Crippen LogP contribution in [0.15, 0.2) is 24.3 Å². The van der Waals surface area contributed by atoms with E-state index < -0.39 is 90.3 Å². The van der Waals surface area contributed by atoms with Crippen LogP contribution in [0.2, 0.25) is 0 Å². The second-order valence-electron chi connectivity index (χ2n) is 28.3. The number of hydrogen-bond donors (Lipinski definition) is 3. The van der Waals surface area contributed by atoms with Crippen LogP contribution in [0.5, 0.6) is 0 Å². The van der Waals surface area contributed by atoms with Gasteiger partial charge < -0.3 is 91.1 Å². The van der Waals surface area contributed by atoms with Gasteiger partial charge in [0, 0.05) is 70.1 Å². The minimum Gasteiger partial charge on any atom is -0.459 e. The molecule has 3 N–H and O–H groups in total. The van der Waals surface area contributed by atoms with Gasteiger partial charge in [0.15, 0.2) is 17.4 Å². The number of esters is 1. The van der Waals surface area contributed by atoms with Gasteiger partial charge in [0.2, 0.25) is 5.79 Å². The first kappa shape index (κ1) is 54.6. The Labute approximate surface area is 474 Å². The zero-order valence-corrected chi connectivity index (χ0v) is 47.4. The number of aliphatic hydroxyl groups excluding tert-OH is 2. The Balaban J connectivity index is 0.631. The van der Waals surface area contributed by atoms with E-state index in [0.29, 0.717) is 83.5 Å². The molecule has 0 aliphatic carbocycles. The molecular formula is C61H86O20. The van der Waals surface area contributed by atoms with Crippen LogP contribution in [0.25, 0.3) is 0 Å². The fourth-order valence-electron chi connectivity index (χ4n) is 18.9. The first-order valence-corrected chi connectivity index (χ1v) is 31.5. The summed E-state index contributed by atoms with van der Waals surface area (Å²) in [5.41, 5.74) is 2.10. The summed E-state index contributed by atoms with van der Waals surface area (Å²) in [5, 5.41) is 32.2. The number of carbonyl (C=O) groups excluding carboxylic acids is 1. The van der Waals surface area contributed by atoms with Crippen molar-refractivity contribution >= 4 is 5.97 Å². The van der Waals surface area contributed by atoms with Crippen molar-refractivity contribution in [3.8, 4) is 0 Å². The molecule has 4 unspecified atom stereocenters. The standard InChI is InChI=1S/C61H86O20/c1-26-13-32-7-9-36-27(2)14-34(66-36)11-12-58-24-48-56(81-58)61(65)57(73-48)55(80-58)54-37(78-61)10-8-33(68-54)15-49(64)74-53-31(6)52-44(70-43(53)16-38(67-32)30(26)5)19-42-46(72-52)22-60(75-42)23-47-51(79-60)29(4)21-59(77-47)20-28(3)50-45(76-59)18-40-41(71-50)17-39(69-40)35(63)25-62/h26,28-29,31-48,50-57,62-63,65H,2,5,7-25H2,1,3-4,6H3/t26-,28+,29+,31+,32+,33-,34+,35?,36+,37+,38-,39?,40?,41?,42-,43+,44+,45+,46-,47+,48-,50+,51+,52+,53-,54+,55+,56+,57+,58-,59-,60+,61+/m1/s1. The van der Waals surface area contributed by atoms with Crippen LogP contribution >= 0.6 is 0 Å². The van der Waals surface area contributed by atoms with Crippen LogP contribution in [0, 0.1) is 23.7 Å². The fraction of sp³-hybridized carbons (Fsp3) is 0.918. The molecule has 81 heavy (non-hydrogen) atoms. The summed E-state index contributed by atoms with van der Waals surface area (Å²) in [6, 6.07) is 0. The molecule has 17 aliphatic heterocycles. The Kier molecular flexibility index (Phi) is 13.4. The highest BCUT2D eigenvalue weighted by Gasteiger charge is 2.76. The summed E-state index contributed by atoms with van der Waals surface area (Å²) in [6.45, 7) is 17.5. The highest BCUT2D eigenvalue weighted by molar-refractivity contribution is 5.70. The maximum atomic E-state index is 14.6. The maximum absolute atomic E-state index is 14.6. The molecule has 17 fully saturated rings. The Morgan fingerprint density at radius 3 is 2.05 bits per heavy atom.